The van der Waals surface area contributed by atoms with Crippen molar-refractivity contribution in [3.05, 3.63) is 180 Å². The van der Waals surface area contributed by atoms with E-state index in [0.717, 1.165) is 24.2 Å². The van der Waals surface area contributed by atoms with Crippen molar-refractivity contribution in [2.75, 3.05) is 47.8 Å². The lowest BCUT2D eigenvalue weighted by Gasteiger charge is -2.37. The van der Waals surface area contributed by atoms with Crippen LogP contribution >= 0.6 is 22.7 Å². The van der Waals surface area contributed by atoms with Gasteiger partial charge in [0.15, 0.2) is 0 Å². The van der Waals surface area contributed by atoms with Crippen molar-refractivity contribution in [2.24, 2.45) is 0 Å². The summed E-state index contributed by atoms with van der Waals surface area (Å²) in [5, 5.41) is 13.3. The van der Waals surface area contributed by atoms with Gasteiger partial charge in [-0.25, -0.2) is 0 Å². The third-order valence-electron chi connectivity index (χ3n) is 15.0. The SMILES string of the molecule is Cc1cc(N(c2ccc(N(C)C)cc2)c2cccc3c2sc2ccccc23)c2cc3c4c(cc(N(c5ccc(N(C)C)cc5)c5cccc6c5sc5ccccc56)c5ccc1c2c54)CCC3(C)C. The van der Waals surface area contributed by atoms with Gasteiger partial charge in [0.1, 0.15) is 0 Å². The standard InChI is InChI=1S/C62H52N4S2/c1-37-34-53(65(41-26-22-39(23-27-41)63(4)5)51-18-12-16-46-44-14-8-10-20-55(44)67-60(46)51)49-36-50-57-38(32-33-62(50,2)3)35-54(48-31-30-43(37)58(49)59(48)57)66(42-28-24-40(25-29-42)64(6)7)52-19-13-17-47-45-15-9-11-21-56(45)68-61(47)52/h8-31,34-36H,32-33H2,1-7H3. The molecule has 6 heteroatoms. The van der Waals surface area contributed by atoms with Gasteiger partial charge < -0.3 is 19.6 Å². The molecule has 0 fully saturated rings. The Labute approximate surface area is 405 Å². The number of benzene rings is 10. The molecule has 1 aliphatic rings. The van der Waals surface area contributed by atoms with Gasteiger partial charge in [-0.05, 0) is 149 Å². The Hall–Kier alpha value is -7.12. The van der Waals surface area contributed by atoms with Crippen LogP contribution in [0.1, 0.15) is 37.0 Å². The van der Waals surface area contributed by atoms with Crippen LogP contribution < -0.4 is 19.6 Å². The van der Waals surface area contributed by atoms with Gasteiger partial charge >= 0.3 is 0 Å². The van der Waals surface area contributed by atoms with Crippen molar-refractivity contribution >= 4 is 141 Å². The molecule has 0 saturated heterocycles. The second kappa shape index (κ2) is 15.2. The Morgan fingerprint density at radius 2 is 0.897 bits per heavy atom. The van der Waals surface area contributed by atoms with Crippen LogP contribution in [0.2, 0.25) is 0 Å². The van der Waals surface area contributed by atoms with Crippen LogP contribution in [0.25, 0.3) is 72.7 Å². The highest BCUT2D eigenvalue weighted by Crippen LogP contribution is 2.56. The smallest absolute Gasteiger partial charge is 0.0640 e. The summed E-state index contributed by atoms with van der Waals surface area (Å²) < 4.78 is 5.22. The largest absolute Gasteiger partial charge is 0.378 e. The van der Waals surface area contributed by atoms with Crippen molar-refractivity contribution in [1.29, 1.82) is 0 Å². The molecule has 0 saturated carbocycles. The first-order valence-corrected chi connectivity index (χ1v) is 25.4. The summed E-state index contributed by atoms with van der Waals surface area (Å²) in [7, 11) is 8.48. The molecule has 0 N–H and O–H groups in total. The van der Waals surface area contributed by atoms with Crippen molar-refractivity contribution in [1.82, 2.24) is 0 Å². The summed E-state index contributed by atoms with van der Waals surface area (Å²) in [6, 6.07) is 62.3. The molecule has 0 unspecified atom stereocenters. The molecule has 10 aromatic carbocycles. The molecule has 0 bridgehead atoms. The van der Waals surface area contributed by atoms with Crippen LogP contribution in [-0.2, 0) is 11.8 Å². The van der Waals surface area contributed by atoms with Crippen molar-refractivity contribution in [3.8, 4) is 0 Å². The minimum absolute atomic E-state index is 0.0303. The van der Waals surface area contributed by atoms with E-state index in [4.69, 9.17) is 0 Å². The van der Waals surface area contributed by atoms with Gasteiger partial charge in [-0.1, -0.05) is 86.6 Å². The van der Waals surface area contributed by atoms with E-state index in [-0.39, 0.29) is 5.41 Å². The fourth-order valence-electron chi connectivity index (χ4n) is 11.4. The molecular formula is C62H52N4S2. The fraction of sp³-hybridized carbons (Fsp3) is 0.161. The molecule has 0 aliphatic heterocycles. The average molecular weight is 917 g/mol. The van der Waals surface area contributed by atoms with E-state index in [2.05, 4.69) is 232 Å². The predicted molar refractivity (Wildman–Crippen MR) is 300 cm³/mol. The lowest BCUT2D eigenvalue weighted by Crippen LogP contribution is -2.24. The molecule has 0 amide bonds. The van der Waals surface area contributed by atoms with E-state index in [1.54, 1.807) is 0 Å². The highest BCUT2D eigenvalue weighted by molar-refractivity contribution is 7.26. The fourth-order valence-corrected chi connectivity index (χ4v) is 13.8. The Morgan fingerprint density at radius 3 is 1.44 bits per heavy atom. The summed E-state index contributed by atoms with van der Waals surface area (Å²) in [6.07, 6.45) is 2.09. The maximum absolute atomic E-state index is 2.60. The zero-order valence-electron chi connectivity index (χ0n) is 39.6. The van der Waals surface area contributed by atoms with Crippen LogP contribution in [0.4, 0.5) is 45.5 Å². The molecular weight excluding hydrogens is 865 g/mol. The quantitative estimate of drug-likeness (QED) is 0.141. The number of rotatable bonds is 8. The predicted octanol–water partition coefficient (Wildman–Crippen LogP) is 17.9. The van der Waals surface area contributed by atoms with Crippen LogP contribution in [0.15, 0.2) is 164 Å². The molecule has 4 nitrogen and oxygen atoms in total. The average Bonchev–Trinajstić information content (AvgIpc) is 3.93. The number of hydrogen-bond acceptors (Lipinski definition) is 6. The van der Waals surface area contributed by atoms with Gasteiger partial charge in [0, 0.05) is 98.0 Å². The highest BCUT2D eigenvalue weighted by Gasteiger charge is 2.34. The second-order valence-electron chi connectivity index (χ2n) is 19.9. The molecule has 0 atom stereocenters. The number of aryl methyl sites for hydroxylation is 2. The molecule has 1 aliphatic carbocycles. The van der Waals surface area contributed by atoms with Crippen LogP contribution in [0, 0.1) is 6.92 Å². The van der Waals surface area contributed by atoms with E-state index >= 15 is 0 Å². The number of thiophene rings is 2. The first kappa shape index (κ1) is 41.1. The minimum Gasteiger partial charge on any atom is -0.378 e. The molecule has 68 heavy (non-hydrogen) atoms. The number of anilines is 8. The molecule has 0 radical (unpaired) electrons. The van der Waals surface area contributed by atoms with Crippen molar-refractivity contribution in [2.45, 2.75) is 39.0 Å². The Morgan fingerprint density at radius 1 is 0.412 bits per heavy atom. The number of hydrogen-bond donors (Lipinski definition) is 0. The number of nitrogens with zero attached hydrogens (tertiary/aromatic N) is 4. The molecule has 2 heterocycles. The normalized spacial score (nSPS) is 13.5. The topological polar surface area (TPSA) is 13.0 Å². The van der Waals surface area contributed by atoms with Crippen molar-refractivity contribution in [3.63, 3.8) is 0 Å². The van der Waals surface area contributed by atoms with E-state index in [1.807, 2.05) is 22.7 Å². The lowest BCUT2D eigenvalue weighted by atomic mass is 9.70. The zero-order valence-corrected chi connectivity index (χ0v) is 41.2. The van der Waals surface area contributed by atoms with Crippen LogP contribution in [0.5, 0.6) is 0 Å². The lowest BCUT2D eigenvalue weighted by molar-refractivity contribution is 0.475. The maximum Gasteiger partial charge on any atom is 0.0640 e. The van der Waals surface area contributed by atoms with Gasteiger partial charge in [0.2, 0.25) is 0 Å². The van der Waals surface area contributed by atoms with Gasteiger partial charge in [-0.2, -0.15) is 0 Å². The number of fused-ring (bicyclic) bond motifs is 6. The summed E-state index contributed by atoms with van der Waals surface area (Å²) in [4.78, 5) is 9.52. The second-order valence-corrected chi connectivity index (χ2v) is 22.0. The molecule has 332 valence electrons. The Kier molecular flexibility index (Phi) is 9.18. The molecule has 2 aromatic heterocycles. The summed E-state index contributed by atoms with van der Waals surface area (Å²) >= 11 is 3.80. The highest BCUT2D eigenvalue weighted by atomic mass is 32.1. The molecule has 0 spiro atoms. The summed E-state index contributed by atoms with van der Waals surface area (Å²) in [6.45, 7) is 7.26. The Balaban J connectivity index is 1.15. The first-order chi connectivity index (χ1) is 33.0. The van der Waals surface area contributed by atoms with Crippen LogP contribution in [-0.4, -0.2) is 28.2 Å². The third kappa shape index (κ3) is 6.10. The zero-order chi connectivity index (χ0) is 46.2. The molecule has 12 aromatic rings. The Bertz CT molecular complexity index is 3970. The van der Waals surface area contributed by atoms with Gasteiger partial charge in [0.05, 0.1) is 32.1 Å². The van der Waals surface area contributed by atoms with Gasteiger partial charge in [-0.15, -0.1) is 22.7 Å². The van der Waals surface area contributed by atoms with E-state index in [1.165, 1.54) is 123 Å². The minimum atomic E-state index is -0.0303. The van der Waals surface area contributed by atoms with E-state index in [0.29, 0.717) is 0 Å². The third-order valence-corrected chi connectivity index (χ3v) is 17.4. The monoisotopic (exact) mass is 916 g/mol. The summed E-state index contributed by atoms with van der Waals surface area (Å²) in [5.41, 5.74) is 13.6. The maximum atomic E-state index is 2.60. The molecule has 13 rings (SSSR count). The van der Waals surface area contributed by atoms with E-state index in [9.17, 15) is 0 Å². The first-order valence-electron chi connectivity index (χ1n) is 23.8. The van der Waals surface area contributed by atoms with Crippen molar-refractivity contribution < 1.29 is 0 Å². The summed E-state index contributed by atoms with van der Waals surface area (Å²) in [5.74, 6) is 0. The van der Waals surface area contributed by atoms with E-state index < -0.39 is 0 Å². The van der Waals surface area contributed by atoms with Gasteiger partial charge in [0.25, 0.3) is 0 Å². The van der Waals surface area contributed by atoms with Gasteiger partial charge in [-0.3, -0.25) is 0 Å². The van der Waals surface area contributed by atoms with Crippen LogP contribution in [0.3, 0.4) is 0 Å².